The highest BCUT2D eigenvalue weighted by Crippen LogP contribution is 2.33. The molecule has 1 aliphatic heterocycles. The van der Waals surface area contributed by atoms with Crippen LogP contribution in [-0.4, -0.2) is 29.7 Å². The van der Waals surface area contributed by atoms with Crippen molar-refractivity contribution >= 4 is 5.82 Å². The number of nitrogens with one attached hydrogen (secondary N) is 1. The van der Waals surface area contributed by atoms with Crippen LogP contribution in [0.4, 0.5) is 10.2 Å². The summed E-state index contributed by atoms with van der Waals surface area (Å²) in [7, 11) is 0. The summed E-state index contributed by atoms with van der Waals surface area (Å²) in [4.78, 5) is 8.33. The third-order valence-electron chi connectivity index (χ3n) is 3.22. The van der Waals surface area contributed by atoms with E-state index in [0.29, 0.717) is 43.0 Å². The van der Waals surface area contributed by atoms with Crippen molar-refractivity contribution in [3.05, 3.63) is 30.2 Å². The minimum atomic E-state index is -0.457. The van der Waals surface area contributed by atoms with Gasteiger partial charge in [-0.3, -0.25) is 0 Å². The molecule has 0 fully saturated rings. The lowest BCUT2D eigenvalue weighted by atomic mass is 10.2. The second-order valence-electron chi connectivity index (χ2n) is 5.52. The molecule has 0 bridgehead atoms. The van der Waals surface area contributed by atoms with Crippen molar-refractivity contribution in [3.63, 3.8) is 0 Å². The van der Waals surface area contributed by atoms with Crippen LogP contribution in [0.25, 0.3) is 11.4 Å². The second-order valence-corrected chi connectivity index (χ2v) is 5.52. The molecule has 1 N–H and O–H groups in total. The number of halogens is 1. The van der Waals surface area contributed by atoms with Crippen molar-refractivity contribution in [2.24, 2.45) is 5.92 Å². The molecule has 5 nitrogen and oxygen atoms in total. The zero-order valence-corrected chi connectivity index (χ0v) is 12.6. The lowest BCUT2D eigenvalue weighted by molar-refractivity contribution is 0.171. The van der Waals surface area contributed by atoms with Gasteiger partial charge in [0.25, 0.3) is 0 Å². The smallest absolute Gasteiger partial charge is 0.183 e. The molecule has 2 heterocycles. The minimum absolute atomic E-state index is 0.216. The monoisotopic (exact) mass is 303 g/mol. The van der Waals surface area contributed by atoms with E-state index in [1.165, 1.54) is 6.20 Å². The molecule has 22 heavy (non-hydrogen) atoms. The van der Waals surface area contributed by atoms with Gasteiger partial charge in [-0.1, -0.05) is 13.8 Å². The first-order valence-corrected chi connectivity index (χ1v) is 7.30. The third kappa shape index (κ3) is 3.10. The van der Waals surface area contributed by atoms with E-state index in [0.717, 1.165) is 5.56 Å². The van der Waals surface area contributed by atoms with Gasteiger partial charge in [-0.2, -0.15) is 0 Å². The fraction of sp³-hybridized carbons (Fsp3) is 0.375. The van der Waals surface area contributed by atoms with Crippen LogP contribution >= 0.6 is 0 Å². The zero-order chi connectivity index (χ0) is 15.5. The molecule has 0 unspecified atom stereocenters. The maximum atomic E-state index is 13.8. The molecule has 0 saturated heterocycles. The van der Waals surface area contributed by atoms with Gasteiger partial charge in [0.05, 0.1) is 6.20 Å². The van der Waals surface area contributed by atoms with Crippen LogP contribution in [0.15, 0.2) is 24.4 Å². The van der Waals surface area contributed by atoms with Crippen molar-refractivity contribution < 1.29 is 13.9 Å². The molecular weight excluding hydrogens is 285 g/mol. The Kier molecular flexibility index (Phi) is 4.09. The van der Waals surface area contributed by atoms with E-state index < -0.39 is 5.82 Å². The number of fused-ring (bicyclic) bond motifs is 1. The van der Waals surface area contributed by atoms with Crippen molar-refractivity contribution in [2.75, 3.05) is 25.1 Å². The van der Waals surface area contributed by atoms with Crippen LogP contribution < -0.4 is 14.8 Å². The summed E-state index contributed by atoms with van der Waals surface area (Å²) in [6, 6.07) is 5.47. The Labute approximate surface area is 128 Å². The summed E-state index contributed by atoms with van der Waals surface area (Å²) in [6.45, 7) is 5.81. The SMILES string of the molecule is CC(C)CNc1nc(-c2ccc3c(c2)OCCO3)ncc1F. The third-order valence-corrected chi connectivity index (χ3v) is 3.22. The summed E-state index contributed by atoms with van der Waals surface area (Å²) >= 11 is 0. The Morgan fingerprint density at radius 2 is 2.00 bits per heavy atom. The van der Waals surface area contributed by atoms with E-state index in [4.69, 9.17) is 9.47 Å². The Balaban J connectivity index is 1.89. The zero-order valence-electron chi connectivity index (χ0n) is 12.6. The van der Waals surface area contributed by atoms with Gasteiger partial charge in [0, 0.05) is 12.1 Å². The van der Waals surface area contributed by atoms with E-state index in [2.05, 4.69) is 15.3 Å². The maximum Gasteiger partial charge on any atom is 0.183 e. The number of benzene rings is 1. The van der Waals surface area contributed by atoms with Gasteiger partial charge in [-0.25, -0.2) is 14.4 Å². The van der Waals surface area contributed by atoms with Crippen LogP contribution in [0.2, 0.25) is 0 Å². The Bertz CT molecular complexity index is 676. The molecule has 0 saturated carbocycles. The summed E-state index contributed by atoms with van der Waals surface area (Å²) in [6.07, 6.45) is 1.18. The van der Waals surface area contributed by atoms with E-state index in [-0.39, 0.29) is 5.82 Å². The minimum Gasteiger partial charge on any atom is -0.486 e. The molecule has 0 spiro atoms. The summed E-state index contributed by atoms with van der Waals surface area (Å²) in [5.41, 5.74) is 0.761. The molecule has 0 amide bonds. The molecular formula is C16H18FN3O2. The highest BCUT2D eigenvalue weighted by atomic mass is 19.1. The van der Waals surface area contributed by atoms with Crippen molar-refractivity contribution in [3.8, 4) is 22.9 Å². The van der Waals surface area contributed by atoms with Gasteiger partial charge in [-0.05, 0) is 24.1 Å². The van der Waals surface area contributed by atoms with E-state index >= 15 is 0 Å². The molecule has 1 aromatic carbocycles. The Hall–Kier alpha value is -2.37. The van der Waals surface area contributed by atoms with E-state index in [1.807, 2.05) is 32.0 Å². The van der Waals surface area contributed by atoms with E-state index in [9.17, 15) is 4.39 Å². The number of rotatable bonds is 4. The maximum absolute atomic E-state index is 13.8. The van der Waals surface area contributed by atoms with Crippen LogP contribution in [-0.2, 0) is 0 Å². The first kappa shape index (κ1) is 14.6. The number of ether oxygens (including phenoxy) is 2. The second kappa shape index (κ2) is 6.17. The first-order valence-electron chi connectivity index (χ1n) is 7.30. The molecule has 6 heteroatoms. The van der Waals surface area contributed by atoms with E-state index in [1.54, 1.807) is 0 Å². The largest absolute Gasteiger partial charge is 0.486 e. The fourth-order valence-electron chi connectivity index (χ4n) is 2.11. The summed E-state index contributed by atoms with van der Waals surface area (Å²) in [5, 5.41) is 3.00. The van der Waals surface area contributed by atoms with Crippen LogP contribution in [0.1, 0.15) is 13.8 Å². The Morgan fingerprint density at radius 3 is 2.77 bits per heavy atom. The average molecular weight is 303 g/mol. The number of hydrogen-bond acceptors (Lipinski definition) is 5. The fourth-order valence-corrected chi connectivity index (χ4v) is 2.11. The van der Waals surface area contributed by atoms with Crippen LogP contribution in [0.5, 0.6) is 11.5 Å². The lowest BCUT2D eigenvalue weighted by Gasteiger charge is -2.18. The predicted molar refractivity (Wildman–Crippen MR) is 81.7 cm³/mol. The molecule has 1 aliphatic rings. The molecule has 0 aliphatic carbocycles. The number of hydrogen-bond donors (Lipinski definition) is 1. The van der Waals surface area contributed by atoms with Gasteiger partial charge in [0.2, 0.25) is 0 Å². The van der Waals surface area contributed by atoms with Crippen molar-refractivity contribution in [1.29, 1.82) is 0 Å². The molecule has 2 aromatic rings. The van der Waals surface area contributed by atoms with Gasteiger partial charge < -0.3 is 14.8 Å². The topological polar surface area (TPSA) is 56.3 Å². The van der Waals surface area contributed by atoms with Crippen LogP contribution in [0, 0.1) is 11.7 Å². The van der Waals surface area contributed by atoms with Gasteiger partial charge in [0.15, 0.2) is 29.0 Å². The Morgan fingerprint density at radius 1 is 1.23 bits per heavy atom. The molecule has 0 radical (unpaired) electrons. The quantitative estimate of drug-likeness (QED) is 0.940. The normalized spacial score (nSPS) is 13.3. The highest BCUT2D eigenvalue weighted by molar-refractivity contribution is 5.62. The first-order chi connectivity index (χ1) is 10.6. The van der Waals surface area contributed by atoms with Crippen molar-refractivity contribution in [1.82, 2.24) is 9.97 Å². The standard InChI is InChI=1S/C16H18FN3O2/c1-10(2)8-18-16-12(17)9-19-15(20-16)11-3-4-13-14(7-11)22-6-5-21-13/h3-4,7,9-10H,5-6,8H2,1-2H3,(H,18,19,20). The number of aromatic nitrogens is 2. The van der Waals surface area contributed by atoms with Crippen molar-refractivity contribution in [2.45, 2.75) is 13.8 Å². The molecule has 0 atom stereocenters. The highest BCUT2D eigenvalue weighted by Gasteiger charge is 2.15. The lowest BCUT2D eigenvalue weighted by Crippen LogP contribution is -2.15. The molecule has 3 rings (SSSR count). The van der Waals surface area contributed by atoms with Gasteiger partial charge >= 0.3 is 0 Å². The van der Waals surface area contributed by atoms with Gasteiger partial charge in [0.1, 0.15) is 13.2 Å². The van der Waals surface area contributed by atoms with Gasteiger partial charge in [-0.15, -0.1) is 0 Å². The molecule has 1 aromatic heterocycles. The summed E-state index contributed by atoms with van der Waals surface area (Å²) in [5.74, 6) is 1.97. The number of nitrogens with zero attached hydrogens (tertiary/aromatic N) is 2. The number of anilines is 1. The average Bonchev–Trinajstić information content (AvgIpc) is 2.53. The predicted octanol–water partition coefficient (Wildman–Crippen LogP) is 3.12. The summed E-state index contributed by atoms with van der Waals surface area (Å²) < 4.78 is 24.8. The van der Waals surface area contributed by atoms with Crippen LogP contribution in [0.3, 0.4) is 0 Å². The molecule has 116 valence electrons.